The van der Waals surface area contributed by atoms with E-state index < -0.39 is 16.0 Å². The lowest BCUT2D eigenvalue weighted by molar-refractivity contribution is 0.0599. The predicted molar refractivity (Wildman–Crippen MR) is 71.4 cm³/mol. The third kappa shape index (κ3) is 4.02. The first-order chi connectivity index (χ1) is 8.92. The van der Waals surface area contributed by atoms with Crippen LogP contribution in [-0.4, -0.2) is 34.6 Å². The Kier molecular flexibility index (Phi) is 5.46. The summed E-state index contributed by atoms with van der Waals surface area (Å²) >= 11 is 0. The van der Waals surface area contributed by atoms with E-state index >= 15 is 0 Å². The number of sulfonamides is 1. The van der Waals surface area contributed by atoms with Crippen molar-refractivity contribution in [2.75, 3.05) is 20.2 Å². The van der Waals surface area contributed by atoms with Gasteiger partial charge in [-0.3, -0.25) is 0 Å². The number of rotatable bonds is 6. The molecule has 0 saturated heterocycles. The summed E-state index contributed by atoms with van der Waals surface area (Å²) in [5, 5.41) is 0. The molecular weight excluding hydrogens is 268 g/mol. The zero-order valence-corrected chi connectivity index (χ0v) is 11.8. The minimum absolute atomic E-state index is 0.0375. The van der Waals surface area contributed by atoms with Gasteiger partial charge in [-0.1, -0.05) is 6.07 Å². The van der Waals surface area contributed by atoms with Crippen LogP contribution in [0.1, 0.15) is 22.3 Å². The lowest BCUT2D eigenvalue weighted by Crippen LogP contribution is -2.26. The molecule has 0 amide bonds. The molecule has 0 radical (unpaired) electrons. The fourth-order valence-electron chi connectivity index (χ4n) is 1.49. The van der Waals surface area contributed by atoms with Crippen molar-refractivity contribution in [2.24, 2.45) is 5.73 Å². The molecule has 0 unspecified atom stereocenters. The fourth-order valence-corrected chi connectivity index (χ4v) is 2.59. The number of aryl methyl sites for hydroxylation is 1. The molecule has 0 heterocycles. The minimum Gasteiger partial charge on any atom is -0.465 e. The van der Waals surface area contributed by atoms with Gasteiger partial charge in [0.2, 0.25) is 10.0 Å². The Balaban J connectivity index is 3.04. The highest BCUT2D eigenvalue weighted by molar-refractivity contribution is 7.89. The highest BCUT2D eigenvalue weighted by atomic mass is 32.2. The van der Waals surface area contributed by atoms with Crippen LogP contribution < -0.4 is 10.5 Å². The van der Waals surface area contributed by atoms with Crippen molar-refractivity contribution in [3.63, 3.8) is 0 Å². The molecule has 1 rings (SSSR count). The second kappa shape index (κ2) is 6.65. The molecule has 3 N–H and O–H groups in total. The molecule has 0 fully saturated rings. The van der Waals surface area contributed by atoms with Crippen LogP contribution >= 0.6 is 0 Å². The Morgan fingerprint density at radius 2 is 2.11 bits per heavy atom. The molecule has 0 aliphatic heterocycles. The quantitative estimate of drug-likeness (QED) is 0.583. The van der Waals surface area contributed by atoms with Crippen LogP contribution in [-0.2, 0) is 14.8 Å². The van der Waals surface area contributed by atoms with Crippen LogP contribution in [0.25, 0.3) is 0 Å². The molecule has 1 aromatic carbocycles. The van der Waals surface area contributed by atoms with Crippen molar-refractivity contribution in [1.29, 1.82) is 0 Å². The van der Waals surface area contributed by atoms with Crippen LogP contribution in [0.3, 0.4) is 0 Å². The maximum Gasteiger partial charge on any atom is 0.338 e. The highest BCUT2D eigenvalue weighted by Gasteiger charge is 2.17. The van der Waals surface area contributed by atoms with Crippen molar-refractivity contribution in [3.05, 3.63) is 29.3 Å². The Labute approximate surface area is 113 Å². The number of esters is 1. The molecule has 106 valence electrons. The van der Waals surface area contributed by atoms with Crippen LogP contribution in [0.15, 0.2) is 23.1 Å². The van der Waals surface area contributed by atoms with Crippen LogP contribution in [0.4, 0.5) is 0 Å². The van der Waals surface area contributed by atoms with E-state index in [9.17, 15) is 13.2 Å². The summed E-state index contributed by atoms with van der Waals surface area (Å²) in [5.41, 5.74) is 6.20. The van der Waals surface area contributed by atoms with Crippen LogP contribution in [0.2, 0.25) is 0 Å². The number of carbonyl (C=O) groups is 1. The van der Waals surface area contributed by atoms with Gasteiger partial charge in [-0.15, -0.1) is 0 Å². The first-order valence-electron chi connectivity index (χ1n) is 5.81. The molecule has 7 heteroatoms. The van der Waals surface area contributed by atoms with Gasteiger partial charge in [0.25, 0.3) is 0 Å². The van der Waals surface area contributed by atoms with Crippen molar-refractivity contribution in [1.82, 2.24) is 4.72 Å². The average molecular weight is 286 g/mol. The topological polar surface area (TPSA) is 98.5 Å². The molecule has 0 aromatic heterocycles. The minimum atomic E-state index is -3.63. The summed E-state index contributed by atoms with van der Waals surface area (Å²) in [6.07, 6.45) is 0.551. The van der Waals surface area contributed by atoms with E-state index in [1.807, 2.05) is 0 Å². The zero-order valence-electron chi connectivity index (χ0n) is 11.0. The van der Waals surface area contributed by atoms with Gasteiger partial charge < -0.3 is 10.5 Å². The number of hydrogen-bond acceptors (Lipinski definition) is 5. The molecule has 0 aliphatic rings. The maximum absolute atomic E-state index is 12.0. The summed E-state index contributed by atoms with van der Waals surface area (Å²) in [5.74, 6) is -0.559. The number of methoxy groups -OCH3 is 1. The van der Waals surface area contributed by atoms with Crippen LogP contribution in [0.5, 0.6) is 0 Å². The first-order valence-corrected chi connectivity index (χ1v) is 7.29. The summed E-state index contributed by atoms with van der Waals surface area (Å²) < 4.78 is 31.0. The van der Waals surface area contributed by atoms with Gasteiger partial charge in [0.15, 0.2) is 0 Å². The van der Waals surface area contributed by atoms with Gasteiger partial charge in [-0.05, 0) is 37.6 Å². The summed E-state index contributed by atoms with van der Waals surface area (Å²) in [4.78, 5) is 11.6. The lowest BCUT2D eigenvalue weighted by Gasteiger charge is -2.09. The second-order valence-electron chi connectivity index (χ2n) is 4.01. The van der Waals surface area contributed by atoms with Gasteiger partial charge in [-0.2, -0.15) is 0 Å². The Hall–Kier alpha value is -1.44. The van der Waals surface area contributed by atoms with E-state index in [2.05, 4.69) is 9.46 Å². The van der Waals surface area contributed by atoms with E-state index in [4.69, 9.17) is 5.73 Å². The fraction of sp³-hybridized carbons (Fsp3) is 0.417. The zero-order chi connectivity index (χ0) is 14.5. The molecule has 0 bridgehead atoms. The molecule has 19 heavy (non-hydrogen) atoms. The number of ether oxygens (including phenoxy) is 1. The average Bonchev–Trinajstić information content (AvgIpc) is 2.38. The van der Waals surface area contributed by atoms with Gasteiger partial charge >= 0.3 is 5.97 Å². The Morgan fingerprint density at radius 3 is 2.68 bits per heavy atom. The Morgan fingerprint density at radius 1 is 1.42 bits per heavy atom. The standard InChI is InChI=1S/C12H18N2O4S/c1-9-4-5-10(8-11(9)12(15)18-2)19(16,17)14-7-3-6-13/h4-5,8,14H,3,6-7,13H2,1-2H3. The molecule has 0 saturated carbocycles. The van der Waals surface area contributed by atoms with E-state index in [-0.39, 0.29) is 17.0 Å². The Bertz CT molecular complexity index is 555. The monoisotopic (exact) mass is 286 g/mol. The molecule has 6 nitrogen and oxygen atoms in total. The van der Waals surface area contributed by atoms with Crippen molar-refractivity contribution >= 4 is 16.0 Å². The molecule has 1 aromatic rings. The molecular formula is C12H18N2O4S. The number of carbonyl (C=O) groups excluding carboxylic acids is 1. The lowest BCUT2D eigenvalue weighted by atomic mass is 10.1. The first kappa shape index (κ1) is 15.6. The maximum atomic E-state index is 12.0. The second-order valence-corrected chi connectivity index (χ2v) is 5.78. The largest absolute Gasteiger partial charge is 0.465 e. The molecule has 0 aliphatic carbocycles. The SMILES string of the molecule is COC(=O)c1cc(S(=O)(=O)NCCCN)ccc1C. The highest BCUT2D eigenvalue weighted by Crippen LogP contribution is 2.16. The smallest absolute Gasteiger partial charge is 0.338 e. The van der Waals surface area contributed by atoms with Gasteiger partial charge in [0.05, 0.1) is 17.6 Å². The van der Waals surface area contributed by atoms with Gasteiger partial charge in [0.1, 0.15) is 0 Å². The third-order valence-electron chi connectivity index (χ3n) is 2.60. The van der Waals surface area contributed by atoms with Gasteiger partial charge in [-0.25, -0.2) is 17.9 Å². The van der Waals surface area contributed by atoms with E-state index in [1.165, 1.54) is 19.2 Å². The summed E-state index contributed by atoms with van der Waals surface area (Å²) in [6.45, 7) is 2.38. The molecule has 0 atom stereocenters. The third-order valence-corrected chi connectivity index (χ3v) is 4.06. The van der Waals surface area contributed by atoms with Crippen molar-refractivity contribution < 1.29 is 17.9 Å². The number of nitrogens with one attached hydrogen (secondary N) is 1. The molecule has 0 spiro atoms. The summed E-state index contributed by atoms with van der Waals surface area (Å²) in [6, 6.07) is 4.34. The van der Waals surface area contributed by atoms with E-state index in [0.717, 1.165) is 0 Å². The van der Waals surface area contributed by atoms with E-state index in [0.29, 0.717) is 18.5 Å². The predicted octanol–water partition coefficient (Wildman–Crippen LogP) is 0.409. The van der Waals surface area contributed by atoms with Crippen molar-refractivity contribution in [2.45, 2.75) is 18.2 Å². The normalized spacial score (nSPS) is 11.3. The number of benzene rings is 1. The van der Waals surface area contributed by atoms with Crippen molar-refractivity contribution in [3.8, 4) is 0 Å². The number of hydrogen-bond donors (Lipinski definition) is 2. The summed E-state index contributed by atoms with van der Waals surface area (Å²) in [7, 11) is -2.37. The number of nitrogens with two attached hydrogens (primary N) is 1. The van der Waals surface area contributed by atoms with Crippen LogP contribution in [0, 0.1) is 6.92 Å². The van der Waals surface area contributed by atoms with Gasteiger partial charge in [0, 0.05) is 6.54 Å². The van der Waals surface area contributed by atoms with E-state index in [1.54, 1.807) is 13.0 Å².